The van der Waals surface area contributed by atoms with Crippen LogP contribution in [-0.4, -0.2) is 16.2 Å². The molecule has 1 fully saturated rings. The van der Waals surface area contributed by atoms with E-state index in [-0.39, 0.29) is 12.0 Å². The molecule has 1 heterocycles. The van der Waals surface area contributed by atoms with Crippen LogP contribution in [0.2, 0.25) is 0 Å². The van der Waals surface area contributed by atoms with Gasteiger partial charge in [-0.3, -0.25) is 0 Å². The van der Waals surface area contributed by atoms with Crippen molar-refractivity contribution in [2.75, 3.05) is 4.90 Å². The third-order valence-electron chi connectivity index (χ3n) is 3.84. The number of anilines is 1. The molecular formula is C17H17NOS. The molecule has 3 rings (SSSR count). The lowest BCUT2D eigenvalue weighted by atomic mass is 9.79. The minimum atomic E-state index is -0.437. The maximum Gasteiger partial charge on any atom is 0.0911 e. The van der Waals surface area contributed by atoms with Crippen molar-refractivity contribution < 1.29 is 5.11 Å². The van der Waals surface area contributed by atoms with E-state index in [1.54, 1.807) is 0 Å². The zero-order valence-corrected chi connectivity index (χ0v) is 12.1. The summed E-state index contributed by atoms with van der Waals surface area (Å²) in [5.74, 6) is 0.00704. The Morgan fingerprint density at radius 3 is 2.10 bits per heavy atom. The van der Waals surface area contributed by atoms with E-state index in [1.807, 2.05) is 43.3 Å². The molecular weight excluding hydrogens is 266 g/mol. The zero-order chi connectivity index (χ0) is 14.1. The standard InChI is InChI=1S/C17H17NOS/c1-12(19)15-16(13-8-4-2-5-9-13)18(17(15)20)14-10-6-3-7-11-14/h2-12,15-16,19H,1H3/t12-,15-,16-/m1/s1. The maximum atomic E-state index is 10.0. The normalized spacial score (nSPS) is 23.3. The molecule has 2 aromatic carbocycles. The fourth-order valence-corrected chi connectivity index (χ4v) is 3.41. The molecule has 0 saturated carbocycles. The van der Waals surface area contributed by atoms with Gasteiger partial charge in [0.25, 0.3) is 0 Å². The van der Waals surface area contributed by atoms with Crippen molar-refractivity contribution in [2.45, 2.75) is 19.1 Å². The van der Waals surface area contributed by atoms with Gasteiger partial charge in [0.2, 0.25) is 0 Å². The summed E-state index contributed by atoms with van der Waals surface area (Å²) in [7, 11) is 0. The van der Waals surface area contributed by atoms with Crippen LogP contribution in [0, 0.1) is 5.92 Å². The van der Waals surface area contributed by atoms with Gasteiger partial charge in [-0.2, -0.15) is 0 Å². The van der Waals surface area contributed by atoms with Crippen LogP contribution in [-0.2, 0) is 0 Å². The molecule has 2 nitrogen and oxygen atoms in total. The van der Waals surface area contributed by atoms with Gasteiger partial charge in [-0.25, -0.2) is 0 Å². The third-order valence-corrected chi connectivity index (χ3v) is 4.30. The molecule has 0 aliphatic carbocycles. The minimum absolute atomic E-state index is 0.00704. The van der Waals surface area contributed by atoms with E-state index in [0.717, 1.165) is 10.7 Å². The van der Waals surface area contributed by atoms with Crippen LogP contribution in [0.25, 0.3) is 0 Å². The van der Waals surface area contributed by atoms with Crippen molar-refractivity contribution in [3.8, 4) is 0 Å². The minimum Gasteiger partial charge on any atom is -0.393 e. The van der Waals surface area contributed by atoms with Gasteiger partial charge in [-0.05, 0) is 24.6 Å². The van der Waals surface area contributed by atoms with E-state index in [9.17, 15) is 5.11 Å². The molecule has 102 valence electrons. The second-order valence-electron chi connectivity index (χ2n) is 5.17. The van der Waals surface area contributed by atoms with Crippen molar-refractivity contribution in [1.29, 1.82) is 0 Å². The fourth-order valence-electron chi connectivity index (χ4n) is 2.86. The van der Waals surface area contributed by atoms with Gasteiger partial charge < -0.3 is 10.0 Å². The van der Waals surface area contributed by atoms with Crippen LogP contribution in [0.15, 0.2) is 60.7 Å². The van der Waals surface area contributed by atoms with E-state index in [0.29, 0.717) is 0 Å². The summed E-state index contributed by atoms with van der Waals surface area (Å²) in [4.78, 5) is 2.96. The lowest BCUT2D eigenvalue weighted by Crippen LogP contribution is -2.58. The quantitative estimate of drug-likeness (QED) is 0.871. The molecule has 0 unspecified atom stereocenters. The number of benzene rings is 2. The topological polar surface area (TPSA) is 23.5 Å². The number of aliphatic hydroxyl groups excluding tert-OH is 1. The second kappa shape index (κ2) is 5.35. The fraction of sp³-hybridized carbons (Fsp3) is 0.235. The number of nitrogens with zero attached hydrogens (tertiary/aromatic N) is 1. The Labute approximate surface area is 124 Å². The molecule has 0 spiro atoms. The first-order valence-corrected chi connectivity index (χ1v) is 7.22. The lowest BCUT2D eigenvalue weighted by Gasteiger charge is -2.51. The molecule has 1 N–H and O–H groups in total. The summed E-state index contributed by atoms with van der Waals surface area (Å²) >= 11 is 5.53. The van der Waals surface area contributed by atoms with Crippen molar-refractivity contribution >= 4 is 22.9 Å². The predicted octanol–water partition coefficient (Wildman–Crippen LogP) is 3.57. The van der Waals surface area contributed by atoms with E-state index < -0.39 is 6.10 Å². The maximum absolute atomic E-state index is 10.0. The Morgan fingerprint density at radius 1 is 1.00 bits per heavy atom. The molecule has 0 bridgehead atoms. The number of rotatable bonds is 3. The number of thiocarbonyl (C=S) groups is 1. The Balaban J connectivity index is 2.00. The highest BCUT2D eigenvalue weighted by Crippen LogP contribution is 2.45. The third kappa shape index (κ3) is 2.13. The van der Waals surface area contributed by atoms with E-state index >= 15 is 0 Å². The molecule has 1 aliphatic rings. The molecule has 3 heteroatoms. The van der Waals surface area contributed by atoms with E-state index in [1.165, 1.54) is 5.56 Å². The van der Waals surface area contributed by atoms with Gasteiger partial charge in [0.1, 0.15) is 0 Å². The summed E-state index contributed by atoms with van der Waals surface area (Å²) in [5.41, 5.74) is 2.28. The van der Waals surface area contributed by atoms with Gasteiger partial charge in [0.05, 0.1) is 23.1 Å². The van der Waals surface area contributed by atoms with Gasteiger partial charge in [0, 0.05) is 5.69 Å². The Bertz CT molecular complexity index is 597. The van der Waals surface area contributed by atoms with Crippen LogP contribution in [0.1, 0.15) is 18.5 Å². The molecule has 20 heavy (non-hydrogen) atoms. The molecule has 0 radical (unpaired) electrons. The first kappa shape index (κ1) is 13.3. The molecule has 3 atom stereocenters. The van der Waals surface area contributed by atoms with Crippen LogP contribution >= 0.6 is 12.2 Å². The van der Waals surface area contributed by atoms with Crippen LogP contribution in [0.5, 0.6) is 0 Å². The number of hydrogen-bond acceptors (Lipinski definition) is 2. The highest BCUT2D eigenvalue weighted by atomic mass is 32.1. The average molecular weight is 283 g/mol. The van der Waals surface area contributed by atoms with Crippen LogP contribution in [0.4, 0.5) is 5.69 Å². The van der Waals surface area contributed by atoms with Crippen LogP contribution < -0.4 is 4.90 Å². The lowest BCUT2D eigenvalue weighted by molar-refractivity contribution is 0.131. The van der Waals surface area contributed by atoms with Crippen molar-refractivity contribution in [2.24, 2.45) is 5.92 Å². The second-order valence-corrected chi connectivity index (χ2v) is 5.58. The Morgan fingerprint density at radius 2 is 1.55 bits per heavy atom. The molecule has 0 amide bonds. The number of hydrogen-bond donors (Lipinski definition) is 1. The van der Waals surface area contributed by atoms with Gasteiger partial charge in [-0.1, -0.05) is 60.7 Å². The average Bonchev–Trinajstić information content (AvgIpc) is 2.46. The van der Waals surface area contributed by atoms with Crippen LogP contribution in [0.3, 0.4) is 0 Å². The van der Waals surface area contributed by atoms with Gasteiger partial charge >= 0.3 is 0 Å². The molecule has 2 aromatic rings. The Hall–Kier alpha value is -1.71. The van der Waals surface area contributed by atoms with Crippen molar-refractivity contribution in [1.82, 2.24) is 0 Å². The smallest absolute Gasteiger partial charge is 0.0911 e. The number of aliphatic hydroxyl groups is 1. The van der Waals surface area contributed by atoms with E-state index in [4.69, 9.17) is 12.2 Å². The predicted molar refractivity (Wildman–Crippen MR) is 85.9 cm³/mol. The summed E-state index contributed by atoms with van der Waals surface area (Å²) in [5, 5.41) is 10.0. The largest absolute Gasteiger partial charge is 0.393 e. The highest BCUT2D eigenvalue weighted by molar-refractivity contribution is 7.80. The molecule has 0 aromatic heterocycles. The highest BCUT2D eigenvalue weighted by Gasteiger charge is 2.47. The van der Waals surface area contributed by atoms with Crippen molar-refractivity contribution in [3.05, 3.63) is 66.2 Å². The SMILES string of the molecule is C[C@@H](O)[C@H]1C(=S)N(c2ccccc2)[C@@H]1c1ccccc1. The molecule has 1 saturated heterocycles. The monoisotopic (exact) mass is 283 g/mol. The first-order valence-electron chi connectivity index (χ1n) is 6.81. The number of para-hydroxylation sites is 1. The summed E-state index contributed by atoms with van der Waals surface area (Å²) in [6, 6.07) is 20.5. The summed E-state index contributed by atoms with van der Waals surface area (Å²) < 4.78 is 0. The summed E-state index contributed by atoms with van der Waals surface area (Å²) in [6.07, 6.45) is -0.437. The van der Waals surface area contributed by atoms with Crippen molar-refractivity contribution in [3.63, 3.8) is 0 Å². The Kier molecular flexibility index (Phi) is 3.55. The summed E-state index contributed by atoms with van der Waals surface area (Å²) in [6.45, 7) is 1.81. The van der Waals surface area contributed by atoms with Gasteiger partial charge in [0.15, 0.2) is 0 Å². The van der Waals surface area contributed by atoms with E-state index in [2.05, 4.69) is 29.2 Å². The van der Waals surface area contributed by atoms with Gasteiger partial charge in [-0.15, -0.1) is 0 Å². The first-order chi connectivity index (χ1) is 9.70. The molecule has 1 aliphatic heterocycles. The zero-order valence-electron chi connectivity index (χ0n) is 11.3.